The summed E-state index contributed by atoms with van der Waals surface area (Å²) in [4.78, 5) is 0. The third-order valence-corrected chi connectivity index (χ3v) is 5.22. The molecule has 0 amide bonds. The van der Waals surface area contributed by atoms with E-state index in [0.29, 0.717) is 18.0 Å². The molecule has 0 aromatic heterocycles. The van der Waals surface area contributed by atoms with Gasteiger partial charge in [0, 0.05) is 0 Å². The topological polar surface area (TPSA) is 52.9 Å². The van der Waals surface area contributed by atoms with E-state index in [4.69, 9.17) is 0 Å². The molecule has 0 aromatic rings. The maximum absolute atomic E-state index is 4.55. The maximum Gasteiger partial charge on any atom is -0.0658 e. The molecule has 0 heterocycles. The van der Waals surface area contributed by atoms with Gasteiger partial charge >= 0.3 is 77.8 Å². The van der Waals surface area contributed by atoms with Crippen LogP contribution in [0.5, 0.6) is 0 Å². The first-order valence-electron chi connectivity index (χ1n) is 8.64. The zero-order valence-corrected chi connectivity index (χ0v) is 20.5. The van der Waals surface area contributed by atoms with E-state index >= 15 is 0 Å². The second-order valence-corrected chi connectivity index (χ2v) is 10.0. The molecule has 0 fully saturated rings. The molecule has 0 rings (SSSR count). The standard InChI is InChI=1S/C10H22N2.2C4H9N.CH3.Mo/c1-7(2)10(11-8(3)4)12-9(5)6;2*1-4(2,3)5;;/h7-10H,1-6H3;2*1-3H3;1H3;/q-2;;;-1;. The van der Waals surface area contributed by atoms with Crippen molar-refractivity contribution in [3.8, 4) is 0 Å². The minimum Gasteiger partial charge on any atom is -0.675 e. The van der Waals surface area contributed by atoms with Crippen molar-refractivity contribution in [1.29, 1.82) is 0 Å². The van der Waals surface area contributed by atoms with Crippen LogP contribution in [-0.2, 0) is 18.2 Å². The van der Waals surface area contributed by atoms with Crippen LogP contribution in [-0.4, -0.2) is 29.3 Å². The molecule has 0 saturated carbocycles. The van der Waals surface area contributed by atoms with Crippen LogP contribution in [0.2, 0.25) is 0 Å². The summed E-state index contributed by atoms with van der Waals surface area (Å²) in [6.07, 6.45) is 0.185. The van der Waals surface area contributed by atoms with Crippen molar-refractivity contribution in [3.05, 3.63) is 18.1 Å². The Labute approximate surface area is 161 Å². The van der Waals surface area contributed by atoms with Gasteiger partial charge in [-0.25, -0.2) is 6.17 Å². The minimum atomic E-state index is -0.473. The number of nitrogens with zero attached hydrogens (tertiary/aromatic N) is 4. The van der Waals surface area contributed by atoms with Gasteiger partial charge in [0.2, 0.25) is 0 Å². The van der Waals surface area contributed by atoms with E-state index in [2.05, 4.69) is 101 Å². The Balaban J connectivity index is -0.000000354. The molecule has 0 spiro atoms. The van der Waals surface area contributed by atoms with Gasteiger partial charge in [0.1, 0.15) is 0 Å². The first-order chi connectivity index (χ1) is 10.1. The normalized spacial score (nSPS) is 12.0. The van der Waals surface area contributed by atoms with E-state index in [1.165, 1.54) is 0 Å². The van der Waals surface area contributed by atoms with Crippen molar-refractivity contribution in [2.75, 3.05) is 0 Å². The summed E-state index contributed by atoms with van der Waals surface area (Å²) >= 11 is -0.473. The van der Waals surface area contributed by atoms with Gasteiger partial charge in [0.25, 0.3) is 0 Å². The molecular weight excluding hydrogens is 380 g/mol. The average Bonchev–Trinajstić information content (AvgIpc) is 2.23. The van der Waals surface area contributed by atoms with E-state index in [-0.39, 0.29) is 24.7 Å². The monoisotopic (exact) mass is 425 g/mol. The van der Waals surface area contributed by atoms with Crippen LogP contribution in [0.25, 0.3) is 10.6 Å². The van der Waals surface area contributed by atoms with Crippen LogP contribution in [0.3, 0.4) is 0 Å². The van der Waals surface area contributed by atoms with Crippen molar-refractivity contribution in [2.45, 2.75) is 112 Å². The van der Waals surface area contributed by atoms with Crippen molar-refractivity contribution in [2.24, 2.45) is 12.9 Å². The van der Waals surface area contributed by atoms with Crippen LogP contribution in [0.15, 0.2) is 6.99 Å². The Hall–Kier alpha value is 0.208. The Morgan fingerprint density at radius 3 is 1.12 bits per heavy atom. The molecule has 5 heteroatoms. The Morgan fingerprint density at radius 1 is 0.667 bits per heavy atom. The largest absolute Gasteiger partial charge is 0.675 e. The van der Waals surface area contributed by atoms with Crippen molar-refractivity contribution >= 4 is 0 Å². The zero-order valence-electron chi connectivity index (χ0n) is 18.5. The molecule has 0 aliphatic heterocycles. The van der Waals surface area contributed by atoms with E-state index in [9.17, 15) is 0 Å². The molecule has 148 valence electrons. The molecule has 0 aliphatic carbocycles. The fourth-order valence-corrected chi connectivity index (χ4v) is 2.56. The zero-order chi connectivity index (χ0) is 18.8. The third kappa shape index (κ3) is 24.5. The van der Waals surface area contributed by atoms with Crippen molar-refractivity contribution < 1.29 is 18.2 Å². The fourth-order valence-electron chi connectivity index (χ4n) is 1.26. The van der Waals surface area contributed by atoms with Crippen LogP contribution in [0.1, 0.15) is 83.1 Å². The van der Waals surface area contributed by atoms with Gasteiger partial charge < -0.3 is 18.1 Å². The van der Waals surface area contributed by atoms with E-state index in [0.717, 1.165) is 0 Å². The summed E-state index contributed by atoms with van der Waals surface area (Å²) in [5, 5.41) is 9.10. The predicted octanol–water partition coefficient (Wildman–Crippen LogP) is 7.02. The molecule has 0 saturated heterocycles. The molecule has 0 unspecified atom stereocenters. The van der Waals surface area contributed by atoms with Crippen LogP contribution in [0.4, 0.5) is 0 Å². The second-order valence-electron chi connectivity index (χ2n) is 8.75. The maximum atomic E-state index is 4.55. The van der Waals surface area contributed by atoms with E-state index < -0.39 is 18.2 Å². The molecule has 0 aromatic carbocycles. The van der Waals surface area contributed by atoms with E-state index in [1.54, 1.807) is 0 Å². The van der Waals surface area contributed by atoms with Gasteiger partial charge in [-0.15, -0.1) is 12.1 Å². The molecule has 4 nitrogen and oxygen atoms in total. The summed E-state index contributed by atoms with van der Waals surface area (Å²) in [7, 11) is 0. The molecular formula is C19H43MoN4-3. The van der Waals surface area contributed by atoms with Crippen molar-refractivity contribution in [3.63, 3.8) is 0 Å². The number of rotatable bonds is 5. The summed E-state index contributed by atoms with van der Waals surface area (Å²) in [6, 6.07) is 0.778. The molecule has 0 bridgehead atoms. The quantitative estimate of drug-likeness (QED) is 0.337. The van der Waals surface area contributed by atoms with Gasteiger partial charge in [-0.05, 0) is 0 Å². The smallest absolute Gasteiger partial charge is 0.0658 e. The van der Waals surface area contributed by atoms with Crippen LogP contribution < -0.4 is 0 Å². The molecule has 0 N–H and O–H groups in total. The average molecular weight is 424 g/mol. The van der Waals surface area contributed by atoms with Crippen molar-refractivity contribution in [1.82, 2.24) is 0 Å². The molecule has 24 heavy (non-hydrogen) atoms. The summed E-state index contributed by atoms with van der Waals surface area (Å²) in [5.41, 5.74) is 0.216. The Morgan fingerprint density at radius 2 is 0.958 bits per heavy atom. The predicted molar refractivity (Wildman–Crippen MR) is 106 cm³/mol. The van der Waals surface area contributed by atoms with Crippen LogP contribution >= 0.6 is 0 Å². The summed E-state index contributed by atoms with van der Waals surface area (Å²) < 4.78 is 9.01. The SMILES string of the molecule is CC(C)(C)[N]=[Mo]=[N]C(C)(C)C.CC(C)[N-]C([N-]C(C)C)C(C)C.[CH3-]. The molecule has 0 radical (unpaired) electrons. The van der Waals surface area contributed by atoms with Gasteiger partial charge in [-0.3, -0.25) is 0 Å². The first-order valence-corrected chi connectivity index (χ1v) is 10.4. The minimum absolute atomic E-state index is 0. The molecule has 0 atom stereocenters. The summed E-state index contributed by atoms with van der Waals surface area (Å²) in [6.45, 7) is 25.5. The van der Waals surface area contributed by atoms with Gasteiger partial charge in [-0.1, -0.05) is 47.5 Å². The number of hydrogen-bond donors (Lipinski definition) is 0. The van der Waals surface area contributed by atoms with E-state index in [1.807, 2.05) is 0 Å². The Kier molecular flexibility index (Phi) is 16.2. The van der Waals surface area contributed by atoms with Crippen LogP contribution in [0, 0.1) is 13.3 Å². The first kappa shape index (κ1) is 29.0. The fraction of sp³-hybridized carbons (Fsp3) is 0.947. The van der Waals surface area contributed by atoms with Gasteiger partial charge in [0.15, 0.2) is 0 Å². The second kappa shape index (κ2) is 13.4. The summed E-state index contributed by atoms with van der Waals surface area (Å²) in [5.74, 6) is 0.523. The van der Waals surface area contributed by atoms with Gasteiger partial charge in [0.05, 0.1) is 0 Å². The Bertz CT molecular complexity index is 329. The number of hydrogen-bond acceptors (Lipinski definition) is 2. The molecule has 0 aliphatic rings. The van der Waals surface area contributed by atoms with Gasteiger partial charge in [-0.2, -0.15) is 0 Å². The third-order valence-electron chi connectivity index (χ3n) is 2.13.